The second kappa shape index (κ2) is 10.3. The predicted molar refractivity (Wildman–Crippen MR) is 136 cm³/mol. The van der Waals surface area contributed by atoms with Crippen LogP contribution in [0.2, 0.25) is 13.1 Å². The summed E-state index contributed by atoms with van der Waals surface area (Å²) in [5, 5.41) is 4.27. The summed E-state index contributed by atoms with van der Waals surface area (Å²) in [5.74, 6) is 0.332. The van der Waals surface area contributed by atoms with Crippen molar-refractivity contribution in [2.75, 3.05) is 0 Å². The molecule has 0 nitrogen and oxygen atoms in total. The molecule has 4 aromatic carbocycles. The molecule has 0 heterocycles. The largest absolute Gasteiger partial charge is 1.00 e. The van der Waals surface area contributed by atoms with Gasteiger partial charge in [0.25, 0.3) is 0 Å². The van der Waals surface area contributed by atoms with E-state index in [-0.39, 0.29) is 24.8 Å². The summed E-state index contributed by atoms with van der Waals surface area (Å²) in [4.78, 5) is 1.59. The van der Waals surface area contributed by atoms with Crippen molar-refractivity contribution in [2.24, 2.45) is 0 Å². The van der Waals surface area contributed by atoms with Gasteiger partial charge in [-0.1, -0.05) is 0 Å². The van der Waals surface area contributed by atoms with E-state index in [1.807, 2.05) is 0 Å². The number of hydrogen-bond acceptors (Lipinski definition) is 0. The van der Waals surface area contributed by atoms with Crippen LogP contribution in [0.25, 0.3) is 20.5 Å². The van der Waals surface area contributed by atoms with Gasteiger partial charge < -0.3 is 24.8 Å². The van der Waals surface area contributed by atoms with Crippen LogP contribution in [0.4, 0.5) is 0 Å². The van der Waals surface area contributed by atoms with Gasteiger partial charge in [-0.05, 0) is 0 Å². The fourth-order valence-corrected chi connectivity index (χ4v) is 8.15. The molecule has 4 heteroatoms. The van der Waals surface area contributed by atoms with Gasteiger partial charge in [0.2, 0.25) is 0 Å². The van der Waals surface area contributed by atoms with Crippen molar-refractivity contribution in [1.82, 2.24) is 0 Å². The topological polar surface area (TPSA) is 0 Å². The normalized spacial score (nSPS) is 14.8. The Balaban J connectivity index is 0.00000144. The number of fused-ring (bicyclic) bond motifs is 3. The Labute approximate surface area is 236 Å². The quantitative estimate of drug-likeness (QED) is 0.305. The van der Waals surface area contributed by atoms with E-state index < -0.39 is 8.41 Å². The first-order valence-corrected chi connectivity index (χ1v) is 15.3. The molecular formula is C31H25Cl2SiZr. The Bertz CT molecular complexity index is 1700. The Hall–Kier alpha value is -1.83. The molecule has 0 saturated heterocycles. The monoisotopic (exact) mass is 585 g/mol. The van der Waals surface area contributed by atoms with Crippen molar-refractivity contribution >= 4 is 17.8 Å². The molecule has 171 valence electrons. The minimum absolute atomic E-state index is 0. The summed E-state index contributed by atoms with van der Waals surface area (Å²) in [7, 11) is -0.626. The van der Waals surface area contributed by atoms with Crippen LogP contribution in [0, 0.1) is 15.3 Å². The van der Waals surface area contributed by atoms with Crippen LogP contribution in [0.3, 0.4) is 0 Å². The van der Waals surface area contributed by atoms with Crippen LogP contribution in [0.15, 0.2) is 90.5 Å². The summed E-state index contributed by atoms with van der Waals surface area (Å²) in [6.07, 6.45) is 2.45. The van der Waals surface area contributed by atoms with Gasteiger partial charge in [0.05, 0.1) is 0 Å². The van der Waals surface area contributed by atoms with Crippen molar-refractivity contribution in [3.8, 4) is 11.1 Å². The van der Waals surface area contributed by atoms with Gasteiger partial charge in [0, 0.05) is 0 Å². The summed E-state index contributed by atoms with van der Waals surface area (Å²) in [5.41, 5.74) is 10.1. The van der Waals surface area contributed by atoms with E-state index >= 15 is 0 Å². The molecule has 0 N–H and O–H groups in total. The molecule has 0 amide bonds. The van der Waals surface area contributed by atoms with Crippen molar-refractivity contribution in [2.45, 2.75) is 25.9 Å². The van der Waals surface area contributed by atoms with Crippen LogP contribution >= 0.6 is 0 Å². The van der Waals surface area contributed by atoms with Gasteiger partial charge in [-0.3, -0.25) is 0 Å². The first kappa shape index (κ1) is 26.2. The van der Waals surface area contributed by atoms with E-state index in [1.54, 1.807) is 10.4 Å². The number of benzene rings is 4. The van der Waals surface area contributed by atoms with E-state index in [4.69, 9.17) is 0 Å². The van der Waals surface area contributed by atoms with Crippen LogP contribution < -0.4 is 30.0 Å². The fraction of sp³-hybridized carbons (Fsp3) is 0.129. The van der Waals surface area contributed by atoms with Crippen molar-refractivity contribution in [1.29, 1.82) is 0 Å². The third-order valence-electron chi connectivity index (χ3n) is 7.17. The number of allylic oxidation sites excluding steroid dienone is 1. The maximum atomic E-state index is 2.45. The minimum atomic E-state index is -0.626. The molecule has 2 aliphatic carbocycles. The minimum Gasteiger partial charge on any atom is -1.00 e. The molecule has 0 fully saturated rings. The molecule has 0 saturated carbocycles. The molecule has 0 aliphatic heterocycles. The average molecular weight is 588 g/mol. The maximum absolute atomic E-state index is 2.45. The van der Waals surface area contributed by atoms with E-state index in [0.29, 0.717) is 5.92 Å². The molecule has 1 unspecified atom stereocenters. The molecule has 0 radical (unpaired) electrons. The maximum Gasteiger partial charge on any atom is -1.00 e. The fourth-order valence-electron chi connectivity index (χ4n) is 5.72. The predicted octanol–water partition coefficient (Wildman–Crippen LogP) is 0.801. The van der Waals surface area contributed by atoms with Crippen LogP contribution in [0.5, 0.6) is 0 Å². The molecule has 2 aliphatic rings. The van der Waals surface area contributed by atoms with Gasteiger partial charge in [-0.2, -0.15) is 0 Å². The Kier molecular flexibility index (Phi) is 7.70. The van der Waals surface area contributed by atoms with E-state index in [1.165, 1.54) is 77.0 Å². The molecule has 0 bridgehead atoms. The summed E-state index contributed by atoms with van der Waals surface area (Å²) in [6.45, 7) is 7.22. The average Bonchev–Trinajstić information content (AvgIpc) is 3.33. The third kappa shape index (κ3) is 4.13. The molecule has 4 aromatic rings. The molecular weight excluding hydrogens is 563 g/mol. The molecule has 1 atom stereocenters. The van der Waals surface area contributed by atoms with Gasteiger partial charge in [-0.25, -0.2) is 0 Å². The second-order valence-corrected chi connectivity index (χ2v) is 13.1. The molecule has 0 aromatic heterocycles. The van der Waals surface area contributed by atoms with Crippen LogP contribution in [0.1, 0.15) is 35.1 Å². The first-order chi connectivity index (χ1) is 16.1. The zero-order valence-corrected chi connectivity index (χ0v) is 25.0. The molecule has 6 rings (SSSR count). The van der Waals surface area contributed by atoms with E-state index in [2.05, 4.69) is 111 Å². The van der Waals surface area contributed by atoms with Gasteiger partial charge in [0.15, 0.2) is 0 Å². The van der Waals surface area contributed by atoms with E-state index in [9.17, 15) is 0 Å². The van der Waals surface area contributed by atoms with E-state index in [0.717, 1.165) is 0 Å². The van der Waals surface area contributed by atoms with Crippen molar-refractivity contribution in [3.05, 3.63) is 133 Å². The Morgan fingerprint density at radius 1 is 0.714 bits per heavy atom. The Morgan fingerprint density at radius 3 is 2.11 bits per heavy atom. The van der Waals surface area contributed by atoms with Gasteiger partial charge >= 0.3 is 213 Å². The summed E-state index contributed by atoms with van der Waals surface area (Å²) >= 11 is 1.50. The first-order valence-electron chi connectivity index (χ1n) is 11.6. The third-order valence-corrected chi connectivity index (χ3v) is 9.96. The zero-order valence-electron chi connectivity index (χ0n) is 20.0. The molecule has 35 heavy (non-hydrogen) atoms. The van der Waals surface area contributed by atoms with Gasteiger partial charge in [-0.15, -0.1) is 0 Å². The number of rotatable bonds is 2. The van der Waals surface area contributed by atoms with Crippen molar-refractivity contribution < 1.29 is 49.5 Å². The van der Waals surface area contributed by atoms with Crippen LogP contribution in [-0.2, 0) is 24.7 Å². The number of hydrogen-bond donors (Lipinski definition) is 0. The summed E-state index contributed by atoms with van der Waals surface area (Å²) in [6, 6.07) is 31.6. The zero-order chi connectivity index (χ0) is 22.7. The Morgan fingerprint density at radius 2 is 1.40 bits per heavy atom. The van der Waals surface area contributed by atoms with Crippen molar-refractivity contribution in [3.63, 3.8) is 0 Å². The smallest absolute Gasteiger partial charge is 1.00 e. The second-order valence-electron chi connectivity index (χ2n) is 9.37. The standard InChI is InChI=1S/C31H25Si.2ClH.Zr/c1-20-18-27-23(21-10-5-4-6-11-21)14-9-15-26(27)30(20)31-28-19-22-12-7-8-13-24(22)25(28)16-17-29(31)32(2)3;;;/h4-18,30H,1-3H3;2*1H;/q;;;+2/p-2. The SMILES string of the molecule is CC1=Cc2c(-c3ccccc3)cccc2C1c1c2c(ccc1=[Si](C)C)=c1ccccc1=[C]2[Zr+2].[Cl-].[Cl-]. The van der Waals surface area contributed by atoms with Crippen LogP contribution in [-0.4, -0.2) is 8.41 Å². The van der Waals surface area contributed by atoms with Gasteiger partial charge in [0.1, 0.15) is 0 Å². The summed E-state index contributed by atoms with van der Waals surface area (Å²) < 4.78 is 1.52. The number of halogens is 2. The molecule has 0 spiro atoms.